The van der Waals surface area contributed by atoms with Crippen molar-refractivity contribution in [3.8, 4) is 17.0 Å². The first-order valence-electron chi connectivity index (χ1n) is 10.1. The number of nitrogens with zero attached hydrogens (tertiary/aromatic N) is 2. The summed E-state index contributed by atoms with van der Waals surface area (Å²) in [6.07, 6.45) is 4.86. The van der Waals surface area contributed by atoms with Gasteiger partial charge in [-0.25, -0.2) is 18.1 Å². The fourth-order valence-electron chi connectivity index (χ4n) is 3.36. The predicted molar refractivity (Wildman–Crippen MR) is 124 cm³/mol. The molecule has 0 atom stereocenters. The second-order valence-corrected chi connectivity index (χ2v) is 9.58. The average Bonchev–Trinajstić information content (AvgIpc) is 3.27. The molecule has 0 bridgehead atoms. The van der Waals surface area contributed by atoms with E-state index in [-0.39, 0.29) is 4.90 Å². The molecule has 1 N–H and O–H groups in total. The molecule has 0 amide bonds. The molecule has 0 saturated heterocycles. The smallest absolute Gasteiger partial charge is 0.241 e. The van der Waals surface area contributed by atoms with Crippen molar-refractivity contribution in [2.24, 2.45) is 0 Å². The quantitative estimate of drug-likeness (QED) is 0.373. The molecule has 2 aromatic carbocycles. The van der Waals surface area contributed by atoms with Crippen molar-refractivity contribution in [3.63, 3.8) is 0 Å². The van der Waals surface area contributed by atoms with Gasteiger partial charge in [-0.05, 0) is 37.6 Å². The van der Waals surface area contributed by atoms with Crippen molar-refractivity contribution in [1.29, 1.82) is 0 Å². The third-order valence-corrected chi connectivity index (χ3v) is 7.25. The molecule has 0 radical (unpaired) electrons. The Kier molecular flexibility index (Phi) is 6.60. The van der Waals surface area contributed by atoms with E-state index >= 15 is 0 Å². The zero-order valence-corrected chi connectivity index (χ0v) is 18.7. The summed E-state index contributed by atoms with van der Waals surface area (Å²) in [6.45, 7) is 2.77. The van der Waals surface area contributed by atoms with E-state index in [2.05, 4.69) is 14.7 Å². The average molecular weight is 454 g/mol. The molecule has 4 aromatic rings. The van der Waals surface area contributed by atoms with E-state index in [0.717, 1.165) is 21.7 Å². The molecule has 6 nitrogen and oxygen atoms in total. The van der Waals surface area contributed by atoms with Gasteiger partial charge in [0.1, 0.15) is 5.75 Å². The van der Waals surface area contributed by atoms with E-state index in [0.29, 0.717) is 37.1 Å². The van der Waals surface area contributed by atoms with Crippen molar-refractivity contribution in [2.75, 3.05) is 13.2 Å². The number of fused-ring (bicyclic) bond motifs is 1. The lowest BCUT2D eigenvalue weighted by atomic mass is 10.1. The van der Waals surface area contributed by atoms with Gasteiger partial charge in [-0.15, -0.1) is 11.3 Å². The van der Waals surface area contributed by atoms with Gasteiger partial charge < -0.3 is 4.74 Å². The topological polar surface area (TPSA) is 81.2 Å². The van der Waals surface area contributed by atoms with Crippen LogP contribution in [0.3, 0.4) is 0 Å². The van der Waals surface area contributed by atoms with Crippen molar-refractivity contribution in [2.45, 2.75) is 24.7 Å². The van der Waals surface area contributed by atoms with Gasteiger partial charge >= 0.3 is 0 Å². The molecule has 2 aromatic heterocycles. The monoisotopic (exact) mass is 453 g/mol. The number of aryl methyl sites for hydroxylation is 1. The number of hydrogen-bond donors (Lipinski definition) is 1. The maximum absolute atomic E-state index is 12.9. The Bertz CT molecular complexity index is 1270. The Morgan fingerprint density at radius 3 is 2.58 bits per heavy atom. The van der Waals surface area contributed by atoms with Crippen molar-refractivity contribution in [3.05, 3.63) is 71.3 Å². The Hall–Kier alpha value is -2.81. The number of aromatic nitrogens is 2. The Morgan fingerprint density at radius 1 is 1.03 bits per heavy atom. The van der Waals surface area contributed by atoms with E-state index in [1.165, 1.54) is 0 Å². The van der Waals surface area contributed by atoms with Gasteiger partial charge in [0.25, 0.3) is 0 Å². The number of sulfonamides is 1. The van der Waals surface area contributed by atoms with Gasteiger partial charge in [0, 0.05) is 47.1 Å². The molecule has 160 valence electrons. The normalized spacial score (nSPS) is 11.6. The van der Waals surface area contributed by atoms with Crippen molar-refractivity contribution < 1.29 is 13.2 Å². The van der Waals surface area contributed by atoms with Gasteiger partial charge in [-0.3, -0.25) is 4.98 Å². The van der Waals surface area contributed by atoms with E-state index in [1.54, 1.807) is 35.9 Å². The zero-order valence-electron chi connectivity index (χ0n) is 17.1. The number of pyridine rings is 1. The fourth-order valence-corrected chi connectivity index (χ4v) is 5.50. The molecule has 0 aliphatic rings. The molecule has 4 rings (SSSR count). The van der Waals surface area contributed by atoms with Crippen LogP contribution >= 0.6 is 11.3 Å². The summed E-state index contributed by atoms with van der Waals surface area (Å²) in [4.78, 5) is 8.93. The van der Waals surface area contributed by atoms with Crippen LogP contribution in [0.1, 0.15) is 18.4 Å². The van der Waals surface area contributed by atoms with Crippen molar-refractivity contribution in [1.82, 2.24) is 14.7 Å². The second kappa shape index (κ2) is 9.55. The van der Waals surface area contributed by atoms with Crippen LogP contribution in [0, 0.1) is 0 Å². The minimum atomic E-state index is -3.64. The summed E-state index contributed by atoms with van der Waals surface area (Å²) >= 11 is 1.58. The van der Waals surface area contributed by atoms with Crippen LogP contribution in [0.25, 0.3) is 22.0 Å². The SMILES string of the molecule is CCOc1ccc(S(=O)(=O)NCCCc2nc(-c3ccncc3)cs2)c2ccccc12. The predicted octanol–water partition coefficient (Wildman–Crippen LogP) is 4.67. The molecule has 0 saturated carbocycles. The molecule has 31 heavy (non-hydrogen) atoms. The number of benzene rings is 2. The second-order valence-electron chi connectivity index (χ2n) is 6.90. The Balaban J connectivity index is 1.41. The molecule has 0 fully saturated rings. The van der Waals surface area contributed by atoms with E-state index in [1.807, 2.05) is 48.7 Å². The van der Waals surface area contributed by atoms with Crippen LogP contribution in [-0.2, 0) is 16.4 Å². The number of hydrogen-bond acceptors (Lipinski definition) is 6. The largest absolute Gasteiger partial charge is 0.493 e. The number of nitrogens with one attached hydrogen (secondary N) is 1. The van der Waals surface area contributed by atoms with Gasteiger partial charge in [-0.2, -0.15) is 0 Å². The molecular weight excluding hydrogens is 430 g/mol. The summed E-state index contributed by atoms with van der Waals surface area (Å²) in [7, 11) is -3.64. The minimum absolute atomic E-state index is 0.265. The first-order valence-corrected chi connectivity index (χ1v) is 12.4. The molecular formula is C23H23N3O3S2. The molecule has 2 heterocycles. The van der Waals surface area contributed by atoms with Crippen LogP contribution < -0.4 is 9.46 Å². The van der Waals surface area contributed by atoms with E-state index < -0.39 is 10.0 Å². The zero-order chi connectivity index (χ0) is 21.7. The lowest BCUT2D eigenvalue weighted by Crippen LogP contribution is -2.25. The maximum atomic E-state index is 12.9. The summed E-state index contributed by atoms with van der Waals surface area (Å²) in [5.74, 6) is 0.686. The first-order chi connectivity index (χ1) is 15.1. The third kappa shape index (κ3) is 4.92. The maximum Gasteiger partial charge on any atom is 0.241 e. The summed E-state index contributed by atoms with van der Waals surface area (Å²) in [5, 5.41) is 4.44. The van der Waals surface area contributed by atoms with E-state index in [9.17, 15) is 8.42 Å². The highest BCUT2D eigenvalue weighted by Gasteiger charge is 2.18. The van der Waals surface area contributed by atoms with Gasteiger partial charge in [0.2, 0.25) is 10.0 Å². The summed E-state index contributed by atoms with van der Waals surface area (Å²) in [5.41, 5.74) is 1.95. The number of ether oxygens (including phenoxy) is 1. The number of rotatable bonds is 9. The highest BCUT2D eigenvalue weighted by atomic mass is 32.2. The highest BCUT2D eigenvalue weighted by Crippen LogP contribution is 2.31. The Labute approximate surface area is 186 Å². The Morgan fingerprint density at radius 2 is 1.81 bits per heavy atom. The standard InChI is InChI=1S/C23H23N3O3S2/c1-2-29-21-9-10-22(19-7-4-3-6-18(19)21)31(27,28)25-13-5-8-23-26-20(16-30-23)17-11-14-24-15-12-17/h3-4,6-7,9-12,14-16,25H,2,5,8,13H2,1H3. The van der Waals surface area contributed by atoms with Crippen LogP contribution in [0.4, 0.5) is 0 Å². The van der Waals surface area contributed by atoms with Crippen LogP contribution in [0.15, 0.2) is 71.2 Å². The van der Waals surface area contributed by atoms with Gasteiger partial charge in [-0.1, -0.05) is 24.3 Å². The summed E-state index contributed by atoms with van der Waals surface area (Å²) in [6, 6.07) is 14.6. The van der Waals surface area contributed by atoms with Gasteiger partial charge in [0.05, 0.1) is 22.2 Å². The molecule has 0 spiro atoms. The van der Waals surface area contributed by atoms with Crippen LogP contribution in [0.2, 0.25) is 0 Å². The molecule has 0 unspecified atom stereocenters. The van der Waals surface area contributed by atoms with E-state index in [4.69, 9.17) is 4.74 Å². The third-order valence-electron chi connectivity index (χ3n) is 4.82. The van der Waals surface area contributed by atoms with Crippen LogP contribution in [0.5, 0.6) is 5.75 Å². The molecule has 0 aliphatic heterocycles. The fraction of sp³-hybridized carbons (Fsp3) is 0.217. The molecule has 8 heteroatoms. The summed E-state index contributed by atoms with van der Waals surface area (Å²) < 4.78 is 34.3. The molecule has 0 aliphatic carbocycles. The minimum Gasteiger partial charge on any atom is -0.493 e. The lowest BCUT2D eigenvalue weighted by Gasteiger charge is -2.12. The number of thiazole rings is 1. The van der Waals surface area contributed by atoms with Crippen molar-refractivity contribution >= 4 is 32.1 Å². The van der Waals surface area contributed by atoms with Crippen LogP contribution in [-0.4, -0.2) is 31.5 Å². The first kappa shape index (κ1) is 21.4. The highest BCUT2D eigenvalue weighted by molar-refractivity contribution is 7.89. The lowest BCUT2D eigenvalue weighted by molar-refractivity contribution is 0.344. The van der Waals surface area contributed by atoms with Gasteiger partial charge in [0.15, 0.2) is 0 Å².